The summed E-state index contributed by atoms with van der Waals surface area (Å²) in [5, 5.41) is 17.2. The van der Waals surface area contributed by atoms with Gasteiger partial charge in [0.1, 0.15) is 0 Å². The number of ether oxygens (including phenoxy) is 1. The summed E-state index contributed by atoms with van der Waals surface area (Å²) in [7, 11) is 3.05. The molecule has 4 aromatic rings. The Morgan fingerprint density at radius 1 is 1.12 bits per heavy atom. The number of nitrogens with one attached hydrogen (secondary N) is 4. The Morgan fingerprint density at radius 2 is 1.90 bits per heavy atom. The van der Waals surface area contributed by atoms with Crippen molar-refractivity contribution in [1.82, 2.24) is 25.0 Å². The minimum absolute atomic E-state index is 0.0180. The van der Waals surface area contributed by atoms with E-state index in [2.05, 4.69) is 25.9 Å². The molecule has 4 N–H and O–H groups in total. The van der Waals surface area contributed by atoms with E-state index in [0.717, 1.165) is 5.56 Å². The number of benzene rings is 2. The van der Waals surface area contributed by atoms with Gasteiger partial charge in [0, 0.05) is 54.4 Å². The molecule has 0 unspecified atom stereocenters. The Kier molecular flexibility index (Phi) is 9.58. The molecule has 42 heavy (non-hydrogen) atoms. The third-order valence-electron chi connectivity index (χ3n) is 6.96. The number of aryl methyl sites for hydroxylation is 1. The number of hydrogen-bond acceptors (Lipinski definition) is 8. The number of carbonyl (C=O) groups is 2. The van der Waals surface area contributed by atoms with Gasteiger partial charge in [-0.2, -0.15) is 4.39 Å². The van der Waals surface area contributed by atoms with Crippen molar-refractivity contribution >= 4 is 34.6 Å². The molecular weight excluding hydrogens is 544 g/mol. The van der Waals surface area contributed by atoms with Crippen LogP contribution in [0.2, 0.25) is 0 Å². The molecule has 10 nitrogen and oxygen atoms in total. The number of Topliss-reactive ketones (excluding diaryl/α,β-unsaturated/α-hetero) is 1. The molecule has 2 aromatic heterocycles. The number of carbonyl (C=O) groups excluding carboxylic acids is 2. The molecule has 0 fully saturated rings. The Morgan fingerprint density at radius 3 is 2.62 bits per heavy atom. The first-order valence-corrected chi connectivity index (χ1v) is 13.5. The topological polar surface area (TPSA) is 134 Å². The average Bonchev–Trinajstić information content (AvgIpc) is 3.43. The van der Waals surface area contributed by atoms with E-state index < -0.39 is 17.6 Å². The molecule has 2 heterocycles. The van der Waals surface area contributed by atoms with Crippen LogP contribution in [0.15, 0.2) is 48.9 Å². The highest BCUT2D eigenvalue weighted by molar-refractivity contribution is 6.14. The van der Waals surface area contributed by atoms with Crippen LogP contribution >= 0.6 is 0 Å². The van der Waals surface area contributed by atoms with Gasteiger partial charge in [-0.15, -0.1) is 0 Å². The zero-order valence-corrected chi connectivity index (χ0v) is 23.8. The maximum absolute atomic E-state index is 14.8. The van der Waals surface area contributed by atoms with E-state index in [9.17, 15) is 18.4 Å². The molecule has 0 aliphatic carbocycles. The van der Waals surface area contributed by atoms with Crippen LogP contribution in [-0.2, 0) is 11.2 Å². The molecule has 0 radical (unpaired) electrons. The molecule has 1 atom stereocenters. The lowest BCUT2D eigenvalue weighted by Crippen LogP contribution is -2.37. The van der Waals surface area contributed by atoms with E-state index in [0.29, 0.717) is 47.9 Å². The van der Waals surface area contributed by atoms with Gasteiger partial charge in [0.25, 0.3) is 0 Å². The maximum atomic E-state index is 14.8. The number of imidazole rings is 1. The van der Waals surface area contributed by atoms with Gasteiger partial charge in [-0.25, -0.2) is 14.4 Å². The van der Waals surface area contributed by atoms with E-state index in [1.165, 1.54) is 31.6 Å². The first kappa shape index (κ1) is 30.3. The average molecular weight is 578 g/mol. The Bertz CT molecular complexity index is 1640. The second-order valence-electron chi connectivity index (χ2n) is 9.65. The van der Waals surface area contributed by atoms with E-state index in [1.807, 2.05) is 13.0 Å². The molecule has 0 spiro atoms. The van der Waals surface area contributed by atoms with Crippen molar-refractivity contribution in [2.75, 3.05) is 32.6 Å². The number of amides is 1. The van der Waals surface area contributed by atoms with Crippen LogP contribution in [0.3, 0.4) is 0 Å². The number of methoxy groups -OCH3 is 1. The molecule has 0 bridgehead atoms. The summed E-state index contributed by atoms with van der Waals surface area (Å²) in [6.07, 6.45) is 4.93. The molecule has 1 amide bonds. The number of halogens is 2. The normalized spacial score (nSPS) is 11.8. The first-order valence-electron chi connectivity index (χ1n) is 13.5. The number of rotatable bonds is 13. The number of hydrogen-bond donors (Lipinski definition) is 4. The lowest BCUT2D eigenvalue weighted by molar-refractivity contribution is -0.122. The van der Waals surface area contributed by atoms with Crippen molar-refractivity contribution in [3.8, 4) is 17.0 Å². The summed E-state index contributed by atoms with van der Waals surface area (Å²) in [6, 6.07) is 8.00. The van der Waals surface area contributed by atoms with Gasteiger partial charge >= 0.3 is 0 Å². The van der Waals surface area contributed by atoms with Crippen molar-refractivity contribution in [1.29, 1.82) is 5.41 Å². The van der Waals surface area contributed by atoms with E-state index in [-0.39, 0.29) is 35.1 Å². The second kappa shape index (κ2) is 13.3. The number of likely N-dealkylation sites (N-methyl/N-ethyl adjacent to an activating group) is 1. The van der Waals surface area contributed by atoms with Crippen molar-refractivity contribution in [3.05, 3.63) is 71.7 Å². The zero-order chi connectivity index (χ0) is 30.4. The Labute approximate surface area is 242 Å². The van der Waals surface area contributed by atoms with Crippen LogP contribution in [0.1, 0.15) is 36.2 Å². The minimum atomic E-state index is -1.09. The van der Waals surface area contributed by atoms with Gasteiger partial charge in [0.2, 0.25) is 11.7 Å². The summed E-state index contributed by atoms with van der Waals surface area (Å²) in [5.74, 6) is -3.21. The molecule has 0 saturated carbocycles. The third-order valence-corrected chi connectivity index (χ3v) is 6.96. The Balaban J connectivity index is 1.54. The summed E-state index contributed by atoms with van der Waals surface area (Å²) in [6.45, 7) is 4.58. The number of anilines is 2. The van der Waals surface area contributed by atoms with Crippen LogP contribution in [0.5, 0.6) is 5.75 Å². The van der Waals surface area contributed by atoms with E-state index in [1.54, 1.807) is 36.7 Å². The molecule has 0 aliphatic heterocycles. The van der Waals surface area contributed by atoms with Crippen LogP contribution < -0.4 is 20.7 Å². The van der Waals surface area contributed by atoms with Crippen molar-refractivity contribution in [2.45, 2.75) is 26.7 Å². The highest BCUT2D eigenvalue weighted by Crippen LogP contribution is 2.31. The van der Waals surface area contributed by atoms with Crippen molar-refractivity contribution < 1.29 is 23.1 Å². The Hall–Kier alpha value is -4.71. The summed E-state index contributed by atoms with van der Waals surface area (Å²) < 4.78 is 35.6. The third kappa shape index (κ3) is 6.28. The summed E-state index contributed by atoms with van der Waals surface area (Å²) >= 11 is 0. The molecule has 0 saturated heterocycles. The predicted molar refractivity (Wildman–Crippen MR) is 157 cm³/mol. The lowest BCUT2D eigenvalue weighted by Gasteiger charge is -2.15. The maximum Gasteiger partial charge on any atom is 0.228 e. The fourth-order valence-corrected chi connectivity index (χ4v) is 4.51. The zero-order valence-electron chi connectivity index (χ0n) is 23.8. The van der Waals surface area contributed by atoms with Gasteiger partial charge in [-0.3, -0.25) is 14.0 Å². The number of fused-ring (bicyclic) bond motifs is 1. The van der Waals surface area contributed by atoms with Crippen molar-refractivity contribution in [2.24, 2.45) is 5.92 Å². The summed E-state index contributed by atoms with van der Waals surface area (Å²) in [5.41, 5.74) is 2.66. The van der Waals surface area contributed by atoms with Crippen molar-refractivity contribution in [3.63, 3.8) is 0 Å². The van der Waals surface area contributed by atoms with E-state index in [4.69, 9.17) is 10.1 Å². The highest BCUT2D eigenvalue weighted by atomic mass is 19.2. The molecule has 220 valence electrons. The van der Waals surface area contributed by atoms with Gasteiger partial charge in [-0.1, -0.05) is 6.92 Å². The highest BCUT2D eigenvalue weighted by Gasteiger charge is 2.22. The number of aromatic nitrogens is 3. The summed E-state index contributed by atoms with van der Waals surface area (Å²) in [4.78, 5) is 34.2. The van der Waals surface area contributed by atoms with Gasteiger partial charge in [0.05, 0.1) is 24.9 Å². The molecule has 4 rings (SSSR count). The number of nitrogens with zero attached hydrogens (tertiary/aromatic N) is 3. The van der Waals surface area contributed by atoms with Gasteiger partial charge < -0.3 is 26.1 Å². The van der Waals surface area contributed by atoms with E-state index >= 15 is 0 Å². The standard InChI is InChI=1S/C30H33F2N7O3/c1-5-18-14-19(6-7-20(18)24(40)15-22(33)17(2)30(41)36-11-10-34-3)38-28-29-37-16-23(39(29)13-12-35-28)21-8-9-25(42-4)27(32)26(21)31/h6-9,12-14,16-17,33-34H,5,10-11,15H2,1-4H3,(H,35,38)(H,36,41)/t17-/m0/s1. The fourth-order valence-electron chi connectivity index (χ4n) is 4.51. The van der Waals surface area contributed by atoms with Crippen LogP contribution in [0.25, 0.3) is 16.9 Å². The largest absolute Gasteiger partial charge is 0.494 e. The molecule has 2 aromatic carbocycles. The quantitative estimate of drug-likeness (QED) is 0.104. The molecular formula is C30H33F2N7O3. The monoisotopic (exact) mass is 577 g/mol. The number of ketones is 1. The first-order chi connectivity index (χ1) is 20.2. The molecule has 12 heteroatoms. The smallest absolute Gasteiger partial charge is 0.228 e. The second-order valence-corrected chi connectivity index (χ2v) is 9.65. The lowest BCUT2D eigenvalue weighted by atomic mass is 9.93. The molecule has 0 aliphatic rings. The van der Waals surface area contributed by atoms with Crippen LogP contribution in [-0.4, -0.2) is 59.0 Å². The predicted octanol–water partition coefficient (Wildman–Crippen LogP) is 4.55. The van der Waals surface area contributed by atoms with Gasteiger partial charge in [0.15, 0.2) is 28.8 Å². The SMILES string of the molecule is CCc1cc(Nc2nccn3c(-c4ccc(OC)c(F)c4F)cnc23)ccc1C(=O)CC(=N)[C@H](C)C(=O)NCCNC. The van der Waals surface area contributed by atoms with Gasteiger partial charge in [-0.05, 0) is 56.3 Å². The van der Waals surface area contributed by atoms with Crippen LogP contribution in [0.4, 0.5) is 20.3 Å². The fraction of sp³-hybridized carbons (Fsp3) is 0.300. The van der Waals surface area contributed by atoms with Crippen LogP contribution in [0, 0.1) is 23.0 Å². The minimum Gasteiger partial charge on any atom is -0.494 e.